The van der Waals surface area contributed by atoms with E-state index in [1.807, 2.05) is 77.9 Å². The molecule has 0 aromatic heterocycles. The van der Waals surface area contributed by atoms with E-state index >= 15 is 0 Å². The molecular formula is C63H83N9O8. The summed E-state index contributed by atoms with van der Waals surface area (Å²) in [7, 11) is 3.34. The molecule has 1 saturated heterocycles. The summed E-state index contributed by atoms with van der Waals surface area (Å²) in [6, 6.07) is 21.0. The number of ketones is 1. The highest BCUT2D eigenvalue weighted by Gasteiger charge is 2.49. The van der Waals surface area contributed by atoms with Gasteiger partial charge in [-0.3, -0.25) is 38.4 Å². The molecule has 4 aromatic rings. The van der Waals surface area contributed by atoms with E-state index in [2.05, 4.69) is 54.7 Å². The van der Waals surface area contributed by atoms with Crippen LogP contribution in [0, 0.1) is 22.7 Å². The van der Waals surface area contributed by atoms with E-state index < -0.39 is 76.8 Å². The highest BCUT2D eigenvalue weighted by molar-refractivity contribution is 6.03. The number of carbonyl (C=O) groups excluding carboxylic acids is 8. The van der Waals surface area contributed by atoms with Gasteiger partial charge in [0, 0.05) is 41.6 Å². The van der Waals surface area contributed by atoms with E-state index in [9.17, 15) is 38.4 Å². The van der Waals surface area contributed by atoms with Gasteiger partial charge in [-0.05, 0) is 154 Å². The molecule has 428 valence electrons. The summed E-state index contributed by atoms with van der Waals surface area (Å²) in [5, 5.41) is 25.9. The molecule has 8 rings (SSSR count). The van der Waals surface area contributed by atoms with Crippen LogP contribution in [-0.4, -0.2) is 115 Å². The third kappa shape index (κ3) is 13.4. The Hall–Kier alpha value is -6.98. The molecule has 4 aromatic carbocycles. The van der Waals surface area contributed by atoms with Crippen molar-refractivity contribution < 1.29 is 38.4 Å². The zero-order valence-corrected chi connectivity index (χ0v) is 48.2. The Labute approximate surface area is 471 Å². The summed E-state index contributed by atoms with van der Waals surface area (Å²) in [6.45, 7) is 14.7. The minimum atomic E-state index is -0.967. The lowest BCUT2D eigenvalue weighted by atomic mass is 9.77. The van der Waals surface area contributed by atoms with Crippen molar-refractivity contribution in [2.24, 2.45) is 22.7 Å². The van der Waals surface area contributed by atoms with Crippen molar-refractivity contribution in [2.75, 3.05) is 20.6 Å². The normalized spacial score (nSPS) is 23.3. The number of benzene rings is 4. The lowest BCUT2D eigenvalue weighted by molar-refractivity contribution is -0.144. The van der Waals surface area contributed by atoms with Gasteiger partial charge in [0.05, 0.1) is 30.2 Å². The van der Waals surface area contributed by atoms with E-state index in [0.717, 1.165) is 49.7 Å². The fourth-order valence-electron chi connectivity index (χ4n) is 12.2. The van der Waals surface area contributed by atoms with Gasteiger partial charge in [0.2, 0.25) is 29.5 Å². The fourth-order valence-corrected chi connectivity index (χ4v) is 12.2. The van der Waals surface area contributed by atoms with Crippen molar-refractivity contribution in [3.05, 3.63) is 118 Å². The molecule has 1 saturated carbocycles. The number of nitrogens with zero attached hydrogens (tertiary/aromatic N) is 1. The molecule has 0 radical (unpaired) electrons. The van der Waals surface area contributed by atoms with Gasteiger partial charge in [-0.15, -0.1) is 0 Å². The van der Waals surface area contributed by atoms with Crippen molar-refractivity contribution in [2.45, 2.75) is 168 Å². The Kier molecular flexibility index (Phi) is 18.3. The number of amides is 7. The fraction of sp³-hybridized carbons (Fsp3) is 0.524. The average Bonchev–Trinajstić information content (AvgIpc) is 4.11. The number of likely N-dealkylation sites (tertiary alicyclic amines) is 1. The van der Waals surface area contributed by atoms with Crippen LogP contribution in [0.5, 0.6) is 0 Å². The summed E-state index contributed by atoms with van der Waals surface area (Å²) < 4.78 is 0. The first-order valence-electron chi connectivity index (χ1n) is 28.7. The van der Waals surface area contributed by atoms with Crippen molar-refractivity contribution >= 4 is 57.9 Å². The molecule has 1 unspecified atom stereocenters. The summed E-state index contributed by atoms with van der Waals surface area (Å²) in [4.78, 5) is 115. The van der Waals surface area contributed by atoms with Gasteiger partial charge in [-0.2, -0.15) is 0 Å². The maximum absolute atomic E-state index is 14.8. The highest BCUT2D eigenvalue weighted by atomic mass is 16.2. The molecule has 80 heavy (non-hydrogen) atoms. The van der Waals surface area contributed by atoms with Crippen LogP contribution in [0.3, 0.4) is 0 Å². The second-order valence-corrected chi connectivity index (χ2v) is 24.9. The van der Waals surface area contributed by atoms with Crippen molar-refractivity contribution in [1.82, 2.24) is 47.4 Å². The summed E-state index contributed by atoms with van der Waals surface area (Å²) >= 11 is 0. The number of hydrogen-bond acceptors (Lipinski definition) is 10. The molecule has 1 heterocycles. The van der Waals surface area contributed by atoms with Crippen LogP contribution in [0.2, 0.25) is 0 Å². The van der Waals surface area contributed by atoms with E-state index in [-0.39, 0.29) is 73.2 Å². The Bertz CT molecular complexity index is 2800. The van der Waals surface area contributed by atoms with Gasteiger partial charge in [0.25, 0.3) is 11.8 Å². The minimum absolute atomic E-state index is 0.0417. The number of aryl methyl sites for hydroxylation is 2. The predicted molar refractivity (Wildman–Crippen MR) is 308 cm³/mol. The van der Waals surface area contributed by atoms with Gasteiger partial charge in [-0.1, -0.05) is 102 Å². The number of hydrogen-bond donors (Lipinski definition) is 8. The van der Waals surface area contributed by atoms with Gasteiger partial charge >= 0.3 is 0 Å². The first-order valence-corrected chi connectivity index (χ1v) is 28.7. The van der Waals surface area contributed by atoms with Gasteiger partial charge < -0.3 is 47.4 Å². The van der Waals surface area contributed by atoms with Crippen LogP contribution in [0.25, 0.3) is 10.8 Å². The number of nitrogens with one attached hydrogen (secondary N) is 8. The second-order valence-electron chi connectivity index (χ2n) is 24.9. The topological polar surface area (TPSA) is 236 Å². The van der Waals surface area contributed by atoms with Crippen molar-refractivity contribution in [3.8, 4) is 0 Å². The second kappa shape index (κ2) is 24.8. The average molecular weight is 1090 g/mol. The number of rotatable bonds is 17. The van der Waals surface area contributed by atoms with Gasteiger partial charge in [0.1, 0.15) is 12.1 Å². The lowest BCUT2D eigenvalue weighted by Crippen LogP contribution is -2.59. The molecule has 3 aliphatic carbocycles. The molecule has 7 amide bonds. The first-order chi connectivity index (χ1) is 37.9. The standard InChI is InChI=1S/C63H83N9O8/c1-35(64-9)55(74)70-53(62(3,4)5)52(73)47-31-43(32-48(47)59(78)68-49-23-15-19-37-17-11-13-21-45(37)49)66-57(76)41-27-25-40-30-42(28-26-39(40)29-41)58(77)67-44-33-51(60(79)69-50-24-16-20-38-18-12-14-22-46(38)50)72(34-44)61(80)54(63(6,7)8)71-56(75)36(2)65-10/h11-14,17-18,21-22,25-30,35-36,43-44,47-51,53-54,64-65H,15-16,19-20,23-24,31-34H2,1-10H3,(H,66,76)(H,67,77)(H,68,78)(H,69,79)(H,70,74)(H,71,75)/t35-,36-,43+,44-,47?,48+,49+,50+,51-,53+,54+/m0/s1. The summed E-state index contributed by atoms with van der Waals surface area (Å²) in [5.74, 6) is -4.26. The molecule has 8 N–H and O–H groups in total. The monoisotopic (exact) mass is 1090 g/mol. The third-order valence-electron chi connectivity index (χ3n) is 17.0. The molecule has 0 bridgehead atoms. The Morgan fingerprint density at radius 3 is 1.50 bits per heavy atom. The highest BCUT2D eigenvalue weighted by Crippen LogP contribution is 2.39. The maximum atomic E-state index is 14.8. The number of carbonyl (C=O) groups is 8. The molecule has 11 atom stereocenters. The molecule has 0 spiro atoms. The smallest absolute Gasteiger partial charge is 0.251 e. The number of fused-ring (bicyclic) bond motifs is 3. The van der Waals surface area contributed by atoms with Crippen molar-refractivity contribution in [1.29, 1.82) is 0 Å². The summed E-state index contributed by atoms with van der Waals surface area (Å²) in [5.41, 5.74) is 3.79. The van der Waals surface area contributed by atoms with E-state index in [1.165, 1.54) is 16.0 Å². The van der Waals surface area contributed by atoms with Crippen LogP contribution in [0.1, 0.15) is 155 Å². The van der Waals surface area contributed by atoms with Crippen LogP contribution in [-0.2, 0) is 41.6 Å². The quantitative estimate of drug-likeness (QED) is 0.0624. The van der Waals surface area contributed by atoms with Crippen molar-refractivity contribution in [3.63, 3.8) is 0 Å². The zero-order chi connectivity index (χ0) is 57.8. The Morgan fingerprint density at radius 1 is 0.537 bits per heavy atom. The van der Waals surface area contributed by atoms with Crippen LogP contribution >= 0.6 is 0 Å². The van der Waals surface area contributed by atoms with Crippen LogP contribution < -0.4 is 42.5 Å². The SMILES string of the molecule is CN[C@@H](C)C(=O)N[C@H](C(=O)C1C[C@@H](NC(=O)c2ccc3cc(C(=O)N[C@H]4C[C@@H](C(=O)N[C@@H]5CCCc6ccccc65)N(C(=O)[C@@H](NC(=O)[C@H](C)NC)C(C)(C)C)C4)ccc3c2)C[C@H]1C(=O)N[C@@H]1CCCc2ccccc21)C(C)(C)C. The Morgan fingerprint density at radius 2 is 1.00 bits per heavy atom. The molecule has 1 aliphatic heterocycles. The molecule has 4 aliphatic rings. The van der Waals surface area contributed by atoms with Crippen LogP contribution in [0.15, 0.2) is 84.9 Å². The molecule has 17 heteroatoms. The maximum Gasteiger partial charge on any atom is 0.251 e. The van der Waals surface area contributed by atoms with Gasteiger partial charge in [0.15, 0.2) is 5.78 Å². The van der Waals surface area contributed by atoms with E-state index in [0.29, 0.717) is 21.9 Å². The Balaban J connectivity index is 0.976. The first kappa shape index (κ1) is 59.1. The number of Topliss-reactive ketones (excluding diaryl/α,β-unsaturated/α-hetero) is 1. The molecule has 17 nitrogen and oxygen atoms in total. The molecule has 2 fully saturated rings. The minimum Gasteiger partial charge on any atom is -0.349 e. The molecular weight excluding hydrogens is 1010 g/mol. The number of likely N-dealkylation sites (N-methyl/N-ethyl adjacent to an activating group) is 2. The lowest BCUT2D eigenvalue weighted by Gasteiger charge is -2.36. The van der Waals surface area contributed by atoms with Gasteiger partial charge in [-0.25, -0.2) is 0 Å². The zero-order valence-electron chi connectivity index (χ0n) is 48.2. The summed E-state index contributed by atoms with van der Waals surface area (Å²) in [6.07, 6.45) is 5.76. The third-order valence-corrected chi connectivity index (χ3v) is 17.0. The van der Waals surface area contributed by atoms with E-state index in [1.54, 1.807) is 64.3 Å². The predicted octanol–water partition coefficient (Wildman–Crippen LogP) is 5.90. The van der Waals surface area contributed by atoms with Crippen LogP contribution in [0.4, 0.5) is 0 Å². The van der Waals surface area contributed by atoms with E-state index in [4.69, 9.17) is 0 Å². The largest absolute Gasteiger partial charge is 0.349 e.